The van der Waals surface area contributed by atoms with E-state index in [0.717, 1.165) is 9.47 Å². The predicted molar refractivity (Wildman–Crippen MR) is 81.2 cm³/mol. The third-order valence-corrected chi connectivity index (χ3v) is 4.94. The number of imide groups is 1. The van der Waals surface area contributed by atoms with Crippen molar-refractivity contribution in [3.63, 3.8) is 0 Å². The lowest BCUT2D eigenvalue weighted by Gasteiger charge is -2.39. The Morgan fingerprint density at radius 2 is 1.58 bits per heavy atom. The Morgan fingerprint density at radius 1 is 1.08 bits per heavy atom. The first-order valence-corrected chi connectivity index (χ1v) is 7.72. The number of hydrogen-bond donors (Lipinski definition) is 3. The molecule has 0 aromatic carbocycles. The monoisotopic (exact) mass is 334 g/mol. The second-order valence-electron chi connectivity index (χ2n) is 6.29. The Hall–Kier alpha value is -2.77. The van der Waals surface area contributed by atoms with E-state index in [1.165, 1.54) is 24.3 Å². The molecule has 1 aromatic heterocycles. The van der Waals surface area contributed by atoms with Crippen LogP contribution in [0.4, 0.5) is 0 Å². The minimum Gasteiger partial charge on any atom is -0.494 e. The molecule has 24 heavy (non-hydrogen) atoms. The molecule has 1 aromatic rings. The van der Waals surface area contributed by atoms with Crippen LogP contribution in [0.25, 0.3) is 0 Å². The lowest BCUT2D eigenvalue weighted by Crippen LogP contribution is -2.46. The molecule has 8 nitrogen and oxygen atoms in total. The SMILES string of the molecule is O=C1C=CC(=O)N1CC1CCC(C(=O)O)(n2c(O)ccc2O)CC1. The Bertz CT molecular complexity index is 689. The van der Waals surface area contributed by atoms with Gasteiger partial charge in [-0.15, -0.1) is 0 Å². The summed E-state index contributed by atoms with van der Waals surface area (Å²) in [4.78, 5) is 36.3. The third-order valence-electron chi connectivity index (χ3n) is 4.94. The predicted octanol–water partition coefficient (Wildman–Crippen LogP) is 0.794. The Labute approximate surface area is 137 Å². The summed E-state index contributed by atoms with van der Waals surface area (Å²) in [6, 6.07) is 2.50. The number of amides is 2. The van der Waals surface area contributed by atoms with Gasteiger partial charge in [-0.05, 0) is 31.6 Å². The first-order valence-electron chi connectivity index (χ1n) is 7.72. The quantitative estimate of drug-likeness (QED) is 0.700. The highest BCUT2D eigenvalue weighted by atomic mass is 16.4. The smallest absolute Gasteiger partial charge is 0.330 e. The molecule has 0 atom stereocenters. The van der Waals surface area contributed by atoms with Gasteiger partial charge in [0.05, 0.1) is 0 Å². The second kappa shape index (κ2) is 5.70. The molecule has 0 unspecified atom stereocenters. The van der Waals surface area contributed by atoms with Gasteiger partial charge in [0, 0.05) is 30.8 Å². The highest BCUT2D eigenvalue weighted by Gasteiger charge is 2.46. The zero-order valence-electron chi connectivity index (χ0n) is 12.9. The highest BCUT2D eigenvalue weighted by Crippen LogP contribution is 2.43. The number of hydrogen-bond acceptors (Lipinski definition) is 5. The zero-order chi connectivity index (χ0) is 17.5. The highest BCUT2D eigenvalue weighted by molar-refractivity contribution is 6.12. The zero-order valence-corrected chi connectivity index (χ0v) is 12.9. The number of carboxylic acids is 1. The van der Waals surface area contributed by atoms with E-state index in [4.69, 9.17) is 0 Å². The Balaban J connectivity index is 1.75. The molecule has 2 amide bonds. The van der Waals surface area contributed by atoms with Gasteiger partial charge in [-0.2, -0.15) is 0 Å². The number of rotatable bonds is 4. The lowest BCUT2D eigenvalue weighted by molar-refractivity contribution is -0.151. The maximum Gasteiger partial charge on any atom is 0.330 e. The molecule has 2 heterocycles. The van der Waals surface area contributed by atoms with Crippen LogP contribution in [0.5, 0.6) is 11.8 Å². The maximum atomic E-state index is 11.9. The maximum absolute atomic E-state index is 11.9. The molecule has 1 saturated carbocycles. The largest absolute Gasteiger partial charge is 0.494 e. The van der Waals surface area contributed by atoms with Gasteiger partial charge < -0.3 is 15.3 Å². The van der Waals surface area contributed by atoms with Gasteiger partial charge in [0.25, 0.3) is 11.8 Å². The molecular formula is C16H18N2O6. The van der Waals surface area contributed by atoms with E-state index in [0.29, 0.717) is 12.8 Å². The molecule has 1 aliphatic carbocycles. The summed E-state index contributed by atoms with van der Waals surface area (Å²) in [7, 11) is 0. The van der Waals surface area contributed by atoms with Gasteiger partial charge in [0.2, 0.25) is 0 Å². The van der Waals surface area contributed by atoms with Crippen LogP contribution in [-0.2, 0) is 19.9 Å². The van der Waals surface area contributed by atoms with E-state index < -0.39 is 11.5 Å². The number of carboxylic acid groups (broad SMARTS) is 1. The summed E-state index contributed by atoms with van der Waals surface area (Å²) < 4.78 is 1.04. The standard InChI is InChI=1S/C16H18N2O6/c19-11-1-2-12(20)17(11)9-10-5-7-16(8-6-10,15(23)24)18-13(21)3-4-14(18)22/h1-4,10,21-22H,5-9H2,(H,23,24). The summed E-state index contributed by atoms with van der Waals surface area (Å²) >= 11 is 0. The fraction of sp³-hybridized carbons (Fsp3) is 0.438. The van der Waals surface area contributed by atoms with Crippen molar-refractivity contribution in [2.75, 3.05) is 6.54 Å². The molecule has 0 spiro atoms. The van der Waals surface area contributed by atoms with Crippen molar-refractivity contribution in [1.29, 1.82) is 0 Å². The number of aromatic nitrogens is 1. The van der Waals surface area contributed by atoms with Crippen LogP contribution in [-0.4, -0.2) is 49.1 Å². The minimum absolute atomic E-state index is 0.00915. The molecule has 0 saturated heterocycles. The lowest BCUT2D eigenvalue weighted by atomic mass is 9.76. The Kier molecular flexibility index (Phi) is 3.82. The van der Waals surface area contributed by atoms with Crippen molar-refractivity contribution in [2.24, 2.45) is 5.92 Å². The summed E-state index contributed by atoms with van der Waals surface area (Å²) in [6.45, 7) is 0.254. The topological polar surface area (TPSA) is 120 Å². The molecule has 0 radical (unpaired) electrons. The van der Waals surface area contributed by atoms with Crippen LogP contribution in [0, 0.1) is 5.92 Å². The second-order valence-corrected chi connectivity index (χ2v) is 6.29. The van der Waals surface area contributed by atoms with Crippen molar-refractivity contribution in [3.05, 3.63) is 24.3 Å². The number of aliphatic carboxylic acids is 1. The number of aromatic hydroxyl groups is 2. The van der Waals surface area contributed by atoms with Crippen LogP contribution >= 0.6 is 0 Å². The summed E-state index contributed by atoms with van der Waals surface area (Å²) in [5.74, 6) is -2.45. The van der Waals surface area contributed by atoms with E-state index in [1.807, 2.05) is 0 Å². The summed E-state index contributed by atoms with van der Waals surface area (Å²) in [5, 5.41) is 29.5. The van der Waals surface area contributed by atoms with E-state index in [-0.39, 0.29) is 48.9 Å². The minimum atomic E-state index is -1.43. The van der Waals surface area contributed by atoms with Crippen molar-refractivity contribution in [1.82, 2.24) is 9.47 Å². The Morgan fingerprint density at radius 3 is 2.04 bits per heavy atom. The molecule has 1 fully saturated rings. The third kappa shape index (κ3) is 2.44. The van der Waals surface area contributed by atoms with E-state index >= 15 is 0 Å². The number of nitrogens with zero attached hydrogens (tertiary/aromatic N) is 2. The molecule has 2 aliphatic rings. The van der Waals surface area contributed by atoms with Crippen LogP contribution in [0.3, 0.4) is 0 Å². The van der Waals surface area contributed by atoms with Gasteiger partial charge in [-0.1, -0.05) is 0 Å². The van der Waals surface area contributed by atoms with Gasteiger partial charge in [0.1, 0.15) is 5.54 Å². The van der Waals surface area contributed by atoms with Crippen LogP contribution in [0.15, 0.2) is 24.3 Å². The molecule has 1 aliphatic heterocycles. The number of carbonyl (C=O) groups is 3. The van der Waals surface area contributed by atoms with Gasteiger partial charge in [-0.25, -0.2) is 4.79 Å². The van der Waals surface area contributed by atoms with Crippen molar-refractivity contribution < 1.29 is 29.7 Å². The molecule has 128 valence electrons. The number of carbonyl (C=O) groups excluding carboxylic acids is 2. The fourth-order valence-corrected chi connectivity index (χ4v) is 3.59. The fourth-order valence-electron chi connectivity index (χ4n) is 3.59. The van der Waals surface area contributed by atoms with Gasteiger partial charge in [0.15, 0.2) is 11.8 Å². The first-order chi connectivity index (χ1) is 11.3. The van der Waals surface area contributed by atoms with E-state index in [2.05, 4.69) is 0 Å². The normalized spacial score (nSPS) is 27.0. The van der Waals surface area contributed by atoms with Crippen molar-refractivity contribution in [2.45, 2.75) is 31.2 Å². The average molecular weight is 334 g/mol. The van der Waals surface area contributed by atoms with Crippen molar-refractivity contribution in [3.8, 4) is 11.8 Å². The first kappa shape index (κ1) is 16.1. The molecule has 3 rings (SSSR count). The average Bonchev–Trinajstić information content (AvgIpc) is 3.04. The van der Waals surface area contributed by atoms with Gasteiger partial charge in [-0.3, -0.25) is 19.1 Å². The van der Waals surface area contributed by atoms with Crippen LogP contribution < -0.4 is 0 Å². The van der Waals surface area contributed by atoms with Crippen molar-refractivity contribution >= 4 is 17.8 Å². The molecule has 0 bridgehead atoms. The summed E-state index contributed by atoms with van der Waals surface area (Å²) in [5.41, 5.74) is -1.43. The van der Waals surface area contributed by atoms with E-state index in [9.17, 15) is 29.7 Å². The molecule has 3 N–H and O–H groups in total. The molecule has 8 heteroatoms. The van der Waals surface area contributed by atoms with E-state index in [1.54, 1.807) is 0 Å². The van der Waals surface area contributed by atoms with Crippen LogP contribution in [0.2, 0.25) is 0 Å². The van der Waals surface area contributed by atoms with Crippen LogP contribution in [0.1, 0.15) is 25.7 Å². The summed E-state index contributed by atoms with van der Waals surface area (Å²) in [6.07, 6.45) is 3.74. The molecular weight excluding hydrogens is 316 g/mol. The van der Waals surface area contributed by atoms with Gasteiger partial charge >= 0.3 is 5.97 Å².